The van der Waals surface area contributed by atoms with Crippen LogP contribution in [-0.4, -0.2) is 8.07 Å². The quantitative estimate of drug-likeness (QED) is 0.527. The molecule has 1 nitrogen and oxygen atoms in total. The number of hydrogen-bond acceptors (Lipinski definition) is 1. The van der Waals surface area contributed by atoms with E-state index in [0.29, 0.717) is 16.6 Å². The molecule has 0 radical (unpaired) electrons. The van der Waals surface area contributed by atoms with Crippen LogP contribution < -0.4 is 0 Å². The Morgan fingerprint density at radius 1 is 0.947 bits per heavy atom. The van der Waals surface area contributed by atoms with Crippen LogP contribution in [-0.2, 0) is 0 Å². The summed E-state index contributed by atoms with van der Waals surface area (Å²) in [6.45, 7) is 18.1. The first-order valence-electron chi connectivity index (χ1n) is 7.32. The van der Waals surface area contributed by atoms with Crippen LogP contribution in [0, 0.1) is 25.3 Å². The third-order valence-corrected chi connectivity index (χ3v) is 10.7. The molecule has 0 bridgehead atoms. The lowest BCUT2D eigenvalue weighted by atomic mass is 10.3. The fourth-order valence-corrected chi connectivity index (χ4v) is 8.44. The van der Waals surface area contributed by atoms with Crippen LogP contribution in [0.1, 0.15) is 58.6 Å². The van der Waals surface area contributed by atoms with Gasteiger partial charge in [-0.25, -0.2) is 0 Å². The lowest BCUT2D eigenvalue weighted by Crippen LogP contribution is -2.43. The van der Waals surface area contributed by atoms with Crippen molar-refractivity contribution in [3.8, 4) is 11.5 Å². The molecule has 0 unspecified atom stereocenters. The minimum Gasteiger partial charge on any atom is -0.453 e. The highest BCUT2D eigenvalue weighted by molar-refractivity contribution is 6.90. The van der Waals surface area contributed by atoms with Gasteiger partial charge >= 0.3 is 0 Å². The van der Waals surface area contributed by atoms with E-state index in [-0.39, 0.29) is 0 Å². The molecule has 0 aliphatic carbocycles. The van der Waals surface area contributed by atoms with E-state index in [1.54, 1.807) is 0 Å². The standard InChI is InChI=1S/C17H28OSi/c1-12(2)19(13(3)4,14(5)6)10-9-17-11-15(7)16(8)18-17/h11-14H,1-8H3. The Morgan fingerprint density at radius 3 is 1.74 bits per heavy atom. The van der Waals surface area contributed by atoms with E-state index in [2.05, 4.69) is 66.0 Å². The number of hydrogen-bond donors (Lipinski definition) is 0. The van der Waals surface area contributed by atoms with Crippen molar-refractivity contribution in [1.29, 1.82) is 0 Å². The van der Waals surface area contributed by atoms with Gasteiger partial charge in [-0.1, -0.05) is 41.5 Å². The Bertz CT molecular complexity index is 442. The fraction of sp³-hybridized carbons (Fsp3) is 0.647. The molecular formula is C17H28OSi. The first-order valence-corrected chi connectivity index (χ1v) is 9.55. The molecule has 1 rings (SSSR count). The zero-order valence-corrected chi connectivity index (χ0v) is 14.7. The lowest BCUT2D eigenvalue weighted by Gasteiger charge is -2.37. The third kappa shape index (κ3) is 3.15. The molecule has 0 saturated heterocycles. The molecule has 19 heavy (non-hydrogen) atoms. The topological polar surface area (TPSA) is 13.1 Å². The Hall–Kier alpha value is -0.943. The first kappa shape index (κ1) is 16.1. The van der Waals surface area contributed by atoms with Crippen LogP contribution in [0.25, 0.3) is 0 Å². The molecule has 106 valence electrons. The highest BCUT2D eigenvalue weighted by atomic mass is 28.3. The van der Waals surface area contributed by atoms with E-state index < -0.39 is 8.07 Å². The second kappa shape index (κ2) is 6.01. The Kier molecular flexibility index (Phi) is 5.09. The van der Waals surface area contributed by atoms with Gasteiger partial charge in [0, 0.05) is 0 Å². The molecule has 1 aromatic heterocycles. The zero-order valence-electron chi connectivity index (χ0n) is 13.7. The normalized spacial score (nSPS) is 12.2. The van der Waals surface area contributed by atoms with Crippen LogP contribution in [0.2, 0.25) is 16.6 Å². The smallest absolute Gasteiger partial charge is 0.176 e. The molecule has 0 aromatic carbocycles. The van der Waals surface area contributed by atoms with Gasteiger partial charge in [0.1, 0.15) is 13.8 Å². The lowest BCUT2D eigenvalue weighted by molar-refractivity contribution is 0.520. The summed E-state index contributed by atoms with van der Waals surface area (Å²) >= 11 is 0. The van der Waals surface area contributed by atoms with E-state index >= 15 is 0 Å². The molecular weight excluding hydrogens is 248 g/mol. The summed E-state index contributed by atoms with van der Waals surface area (Å²) in [5.41, 5.74) is 6.87. The molecule has 0 aliphatic rings. The van der Waals surface area contributed by atoms with E-state index in [0.717, 1.165) is 11.5 Å². The minimum atomic E-state index is -1.64. The highest BCUT2D eigenvalue weighted by Gasteiger charge is 2.41. The van der Waals surface area contributed by atoms with E-state index in [4.69, 9.17) is 4.42 Å². The largest absolute Gasteiger partial charge is 0.453 e. The van der Waals surface area contributed by atoms with E-state index in [1.165, 1.54) is 5.56 Å². The van der Waals surface area contributed by atoms with Gasteiger partial charge in [-0.3, -0.25) is 0 Å². The molecule has 0 spiro atoms. The van der Waals surface area contributed by atoms with Crippen LogP contribution in [0.15, 0.2) is 10.5 Å². The van der Waals surface area contributed by atoms with Crippen molar-refractivity contribution in [3.05, 3.63) is 23.2 Å². The number of furan rings is 1. The second-order valence-corrected chi connectivity index (χ2v) is 12.1. The summed E-state index contributed by atoms with van der Waals surface area (Å²) in [7, 11) is -1.64. The third-order valence-electron chi connectivity index (χ3n) is 4.43. The van der Waals surface area contributed by atoms with Crippen molar-refractivity contribution < 1.29 is 4.42 Å². The van der Waals surface area contributed by atoms with Crippen LogP contribution in [0.4, 0.5) is 0 Å². The van der Waals surface area contributed by atoms with Gasteiger partial charge in [-0.2, -0.15) is 0 Å². The molecule has 0 N–H and O–H groups in total. The van der Waals surface area contributed by atoms with Crippen LogP contribution in [0.3, 0.4) is 0 Å². The van der Waals surface area contributed by atoms with Crippen molar-refractivity contribution in [2.45, 2.75) is 72.0 Å². The Labute approximate surface area is 119 Å². The maximum absolute atomic E-state index is 5.70. The van der Waals surface area contributed by atoms with Crippen molar-refractivity contribution in [1.82, 2.24) is 0 Å². The van der Waals surface area contributed by atoms with Crippen molar-refractivity contribution in [2.75, 3.05) is 0 Å². The van der Waals surface area contributed by atoms with Crippen molar-refractivity contribution >= 4 is 8.07 Å². The summed E-state index contributed by atoms with van der Waals surface area (Å²) in [6.07, 6.45) is 0. The monoisotopic (exact) mass is 276 g/mol. The molecule has 0 saturated carbocycles. The number of rotatable bonds is 3. The second-order valence-electron chi connectivity index (χ2n) is 6.50. The summed E-state index contributed by atoms with van der Waals surface area (Å²) < 4.78 is 5.70. The zero-order chi connectivity index (χ0) is 14.8. The molecule has 1 aromatic rings. The maximum Gasteiger partial charge on any atom is 0.176 e. The summed E-state index contributed by atoms with van der Waals surface area (Å²) in [5, 5.41) is 0. The maximum atomic E-state index is 5.70. The van der Waals surface area contributed by atoms with Crippen molar-refractivity contribution in [3.63, 3.8) is 0 Å². The predicted octanol–water partition coefficient (Wildman–Crippen LogP) is 5.47. The Morgan fingerprint density at radius 2 is 1.42 bits per heavy atom. The van der Waals surface area contributed by atoms with E-state index in [1.807, 2.05) is 6.92 Å². The highest BCUT2D eigenvalue weighted by Crippen LogP contribution is 2.40. The average Bonchev–Trinajstić information content (AvgIpc) is 2.57. The molecule has 0 atom stereocenters. The van der Waals surface area contributed by atoms with Gasteiger partial charge in [-0.15, -0.1) is 5.54 Å². The van der Waals surface area contributed by atoms with Gasteiger partial charge < -0.3 is 4.42 Å². The van der Waals surface area contributed by atoms with Crippen LogP contribution >= 0.6 is 0 Å². The van der Waals surface area contributed by atoms with Gasteiger partial charge in [-0.05, 0) is 48.0 Å². The molecule has 0 fully saturated rings. The van der Waals surface area contributed by atoms with Crippen LogP contribution in [0.5, 0.6) is 0 Å². The van der Waals surface area contributed by atoms with Crippen molar-refractivity contribution in [2.24, 2.45) is 0 Å². The van der Waals surface area contributed by atoms with Gasteiger partial charge in [0.15, 0.2) is 5.76 Å². The molecule has 0 amide bonds. The van der Waals surface area contributed by atoms with E-state index in [9.17, 15) is 0 Å². The van der Waals surface area contributed by atoms with Gasteiger partial charge in [0.2, 0.25) is 0 Å². The predicted molar refractivity (Wildman–Crippen MR) is 86.1 cm³/mol. The summed E-state index contributed by atoms with van der Waals surface area (Å²) in [4.78, 5) is 0. The van der Waals surface area contributed by atoms with Gasteiger partial charge in [0.25, 0.3) is 0 Å². The number of aryl methyl sites for hydroxylation is 2. The summed E-state index contributed by atoms with van der Waals surface area (Å²) in [6, 6.07) is 2.06. The molecule has 2 heteroatoms. The molecule has 0 aliphatic heterocycles. The van der Waals surface area contributed by atoms with Gasteiger partial charge in [0.05, 0.1) is 0 Å². The first-order chi connectivity index (χ1) is 8.71. The minimum absolute atomic E-state index is 0.664. The average molecular weight is 276 g/mol. The fourth-order valence-electron chi connectivity index (χ4n) is 3.24. The summed E-state index contributed by atoms with van der Waals surface area (Å²) in [5.74, 6) is 5.15. The SMILES string of the molecule is Cc1cc(C#C[Si](C(C)C)(C(C)C)C(C)C)oc1C. The Balaban J connectivity index is 3.22. The molecule has 1 heterocycles.